The first-order valence-corrected chi connectivity index (χ1v) is 9.53. The number of rotatable bonds is 9. The van der Waals surface area contributed by atoms with E-state index in [-0.39, 0.29) is 17.4 Å². The predicted molar refractivity (Wildman–Crippen MR) is 104 cm³/mol. The van der Waals surface area contributed by atoms with Gasteiger partial charge in [-0.1, -0.05) is 50.2 Å². The van der Waals surface area contributed by atoms with Crippen LogP contribution in [0, 0.1) is 0 Å². The molecule has 2 rings (SSSR count). The van der Waals surface area contributed by atoms with Gasteiger partial charge >= 0.3 is 0 Å². The Balaban J connectivity index is 1.72. The molecule has 27 heavy (non-hydrogen) atoms. The van der Waals surface area contributed by atoms with Crippen molar-refractivity contribution < 1.29 is 14.1 Å². The van der Waals surface area contributed by atoms with Crippen molar-refractivity contribution in [3.63, 3.8) is 0 Å². The number of hydrogen-bond donors (Lipinski definition) is 1. The molecule has 0 aliphatic heterocycles. The first-order chi connectivity index (χ1) is 12.7. The third kappa shape index (κ3) is 7.51. The normalized spacial score (nSPS) is 11.8. The van der Waals surface area contributed by atoms with E-state index in [2.05, 4.69) is 21.5 Å². The van der Waals surface area contributed by atoms with Crippen LogP contribution in [0.2, 0.25) is 0 Å². The second-order valence-electron chi connectivity index (χ2n) is 8.07. The lowest BCUT2D eigenvalue weighted by Crippen LogP contribution is -2.22. The fourth-order valence-corrected chi connectivity index (χ4v) is 2.44. The van der Waals surface area contributed by atoms with Gasteiger partial charge in [0.05, 0.1) is 12.7 Å². The Hall–Kier alpha value is -2.21. The van der Waals surface area contributed by atoms with Crippen molar-refractivity contribution in [2.75, 3.05) is 0 Å². The van der Waals surface area contributed by atoms with Crippen molar-refractivity contribution in [1.29, 1.82) is 0 Å². The molecule has 0 aliphatic carbocycles. The highest BCUT2D eigenvalue weighted by atomic mass is 16.5. The molecule has 1 aromatic heterocycles. The number of amides is 1. The number of carbonyl (C=O) groups excluding carboxylic acids is 1. The van der Waals surface area contributed by atoms with Crippen LogP contribution >= 0.6 is 0 Å². The summed E-state index contributed by atoms with van der Waals surface area (Å²) >= 11 is 0. The van der Waals surface area contributed by atoms with Crippen LogP contribution < -0.4 is 5.32 Å². The molecule has 1 N–H and O–H groups in total. The van der Waals surface area contributed by atoms with Crippen molar-refractivity contribution in [3.05, 3.63) is 47.1 Å². The first-order valence-electron chi connectivity index (χ1n) is 9.53. The van der Waals surface area contributed by atoms with E-state index in [0.29, 0.717) is 44.1 Å². The Morgan fingerprint density at radius 3 is 2.67 bits per heavy atom. The molecule has 0 saturated heterocycles. The van der Waals surface area contributed by atoms with Crippen molar-refractivity contribution >= 4 is 5.91 Å². The van der Waals surface area contributed by atoms with E-state index in [1.54, 1.807) is 0 Å². The molecule has 1 aromatic carbocycles. The van der Waals surface area contributed by atoms with Gasteiger partial charge in [0.1, 0.15) is 0 Å². The molecule has 0 radical (unpaired) electrons. The maximum atomic E-state index is 12.1. The van der Waals surface area contributed by atoms with Crippen molar-refractivity contribution in [3.8, 4) is 0 Å². The molecule has 0 unspecified atom stereocenters. The van der Waals surface area contributed by atoms with Gasteiger partial charge in [-0.05, 0) is 31.4 Å². The molecule has 1 heterocycles. The standard InChI is InChI=1S/C21H31N3O3/c1-15(2)26-14-17-9-6-8-16(12-17)13-22-18(25)10-7-11-19-23-20(24-27-19)21(3,4)5/h6,8-9,12,15H,7,10-11,13-14H2,1-5H3,(H,22,25). The minimum absolute atomic E-state index is 0.0226. The molecular formula is C21H31N3O3. The van der Waals surface area contributed by atoms with Gasteiger partial charge in [-0.15, -0.1) is 0 Å². The van der Waals surface area contributed by atoms with Crippen LogP contribution in [-0.4, -0.2) is 22.2 Å². The number of nitrogens with zero attached hydrogens (tertiary/aromatic N) is 2. The van der Waals surface area contributed by atoms with Gasteiger partial charge in [-0.3, -0.25) is 4.79 Å². The summed E-state index contributed by atoms with van der Waals surface area (Å²) in [6, 6.07) is 8.09. The van der Waals surface area contributed by atoms with E-state index >= 15 is 0 Å². The monoisotopic (exact) mass is 373 g/mol. The summed E-state index contributed by atoms with van der Waals surface area (Å²) in [6.45, 7) is 11.3. The van der Waals surface area contributed by atoms with E-state index in [1.807, 2.05) is 52.8 Å². The Labute approximate surface area is 161 Å². The van der Waals surface area contributed by atoms with Crippen LogP contribution in [0.1, 0.15) is 70.3 Å². The lowest BCUT2D eigenvalue weighted by atomic mass is 9.96. The maximum Gasteiger partial charge on any atom is 0.226 e. The van der Waals surface area contributed by atoms with Gasteiger partial charge in [0, 0.05) is 24.8 Å². The van der Waals surface area contributed by atoms with Crippen LogP contribution in [0.25, 0.3) is 0 Å². The van der Waals surface area contributed by atoms with Gasteiger partial charge < -0.3 is 14.6 Å². The minimum atomic E-state index is -0.131. The molecule has 2 aromatic rings. The largest absolute Gasteiger partial charge is 0.374 e. The van der Waals surface area contributed by atoms with E-state index in [4.69, 9.17) is 9.26 Å². The fraction of sp³-hybridized carbons (Fsp3) is 0.571. The topological polar surface area (TPSA) is 77.2 Å². The Kier molecular flexibility index (Phi) is 7.54. The number of ether oxygens (including phenoxy) is 1. The van der Waals surface area contributed by atoms with Crippen LogP contribution in [-0.2, 0) is 34.5 Å². The Bertz CT molecular complexity index is 732. The zero-order valence-corrected chi connectivity index (χ0v) is 17.0. The summed E-state index contributed by atoms with van der Waals surface area (Å²) in [5, 5.41) is 6.96. The smallest absolute Gasteiger partial charge is 0.226 e. The molecule has 0 saturated carbocycles. The third-order valence-electron chi connectivity index (χ3n) is 4.00. The number of hydrogen-bond acceptors (Lipinski definition) is 5. The van der Waals surface area contributed by atoms with E-state index in [9.17, 15) is 4.79 Å². The molecule has 148 valence electrons. The highest BCUT2D eigenvalue weighted by molar-refractivity contribution is 5.75. The highest BCUT2D eigenvalue weighted by Gasteiger charge is 2.20. The van der Waals surface area contributed by atoms with E-state index < -0.39 is 0 Å². The number of aromatic nitrogens is 2. The van der Waals surface area contributed by atoms with Crippen molar-refractivity contribution in [2.45, 2.75) is 78.6 Å². The number of benzene rings is 1. The molecule has 0 fully saturated rings. The van der Waals surface area contributed by atoms with Crippen LogP contribution in [0.4, 0.5) is 0 Å². The number of nitrogens with one attached hydrogen (secondary N) is 1. The summed E-state index contributed by atoms with van der Waals surface area (Å²) in [4.78, 5) is 16.5. The molecule has 0 bridgehead atoms. The second kappa shape index (κ2) is 9.65. The molecule has 0 atom stereocenters. The van der Waals surface area contributed by atoms with Crippen LogP contribution in [0.3, 0.4) is 0 Å². The molecule has 0 aliphatic rings. The maximum absolute atomic E-state index is 12.1. The Morgan fingerprint density at radius 1 is 1.26 bits per heavy atom. The number of aryl methyl sites for hydroxylation is 1. The van der Waals surface area contributed by atoms with Crippen molar-refractivity contribution in [1.82, 2.24) is 15.5 Å². The second-order valence-corrected chi connectivity index (χ2v) is 8.07. The zero-order chi connectivity index (χ0) is 19.9. The van der Waals surface area contributed by atoms with E-state index in [1.165, 1.54) is 0 Å². The SMILES string of the molecule is CC(C)OCc1cccc(CNC(=O)CCCc2nc(C(C)(C)C)no2)c1. The summed E-state index contributed by atoms with van der Waals surface area (Å²) in [7, 11) is 0. The van der Waals surface area contributed by atoms with Gasteiger partial charge in [-0.2, -0.15) is 4.98 Å². The van der Waals surface area contributed by atoms with Crippen LogP contribution in [0.15, 0.2) is 28.8 Å². The minimum Gasteiger partial charge on any atom is -0.374 e. The van der Waals surface area contributed by atoms with E-state index in [0.717, 1.165) is 11.1 Å². The van der Waals surface area contributed by atoms with Gasteiger partial charge in [0.15, 0.2) is 5.82 Å². The molecule has 6 nitrogen and oxygen atoms in total. The van der Waals surface area contributed by atoms with Crippen LogP contribution in [0.5, 0.6) is 0 Å². The average molecular weight is 373 g/mol. The summed E-state index contributed by atoms with van der Waals surface area (Å²) in [5.41, 5.74) is 2.05. The molecule has 0 spiro atoms. The predicted octanol–water partition coefficient (Wildman–Crippen LogP) is 3.93. The lowest BCUT2D eigenvalue weighted by Gasteiger charge is -2.10. The van der Waals surface area contributed by atoms with Crippen molar-refractivity contribution in [2.24, 2.45) is 0 Å². The average Bonchev–Trinajstić information content (AvgIpc) is 3.08. The third-order valence-corrected chi connectivity index (χ3v) is 4.00. The van der Waals surface area contributed by atoms with Gasteiger partial charge in [0.2, 0.25) is 11.8 Å². The lowest BCUT2D eigenvalue weighted by molar-refractivity contribution is -0.121. The summed E-state index contributed by atoms with van der Waals surface area (Å²) < 4.78 is 10.9. The van der Waals surface area contributed by atoms with Gasteiger partial charge in [0.25, 0.3) is 0 Å². The number of carbonyl (C=O) groups is 1. The quantitative estimate of drug-likeness (QED) is 0.720. The zero-order valence-electron chi connectivity index (χ0n) is 17.0. The molecular weight excluding hydrogens is 342 g/mol. The fourth-order valence-electron chi connectivity index (χ4n) is 2.44. The molecule has 6 heteroatoms. The first kappa shape index (κ1) is 21.1. The molecule has 1 amide bonds. The Morgan fingerprint density at radius 2 is 2.00 bits per heavy atom. The highest BCUT2D eigenvalue weighted by Crippen LogP contribution is 2.19. The van der Waals surface area contributed by atoms with Gasteiger partial charge in [-0.25, -0.2) is 0 Å². The summed E-state index contributed by atoms with van der Waals surface area (Å²) in [6.07, 6.45) is 1.92. The summed E-state index contributed by atoms with van der Waals surface area (Å²) in [5.74, 6) is 1.31.